The van der Waals surface area contributed by atoms with Crippen molar-refractivity contribution in [3.05, 3.63) is 37.9 Å². The van der Waals surface area contributed by atoms with Crippen molar-refractivity contribution in [2.24, 2.45) is 0 Å². The molecule has 0 saturated heterocycles. The minimum Gasteiger partial charge on any atom is -0.336 e. The van der Waals surface area contributed by atoms with Gasteiger partial charge in [-0.05, 0) is 44.8 Å². The topological polar surface area (TPSA) is 29.9 Å². The number of imidazole rings is 1. The molecule has 0 aliphatic carbocycles. The van der Waals surface area contributed by atoms with Gasteiger partial charge in [-0.3, -0.25) is 0 Å². The first-order valence-electron chi connectivity index (χ1n) is 5.28. The Morgan fingerprint density at radius 2 is 2.35 bits per heavy atom. The van der Waals surface area contributed by atoms with Crippen LogP contribution in [0, 0.1) is 0 Å². The lowest BCUT2D eigenvalue weighted by molar-refractivity contribution is 0.478. The quantitative estimate of drug-likeness (QED) is 0.860. The van der Waals surface area contributed by atoms with Crippen LogP contribution in [0.3, 0.4) is 0 Å². The smallest absolute Gasteiger partial charge is 0.0946 e. The Morgan fingerprint density at radius 3 is 2.94 bits per heavy atom. The maximum Gasteiger partial charge on any atom is 0.0946 e. The van der Waals surface area contributed by atoms with Gasteiger partial charge in [0.15, 0.2) is 0 Å². The minimum atomic E-state index is 0.420. The highest BCUT2D eigenvalue weighted by atomic mass is 79.9. The molecule has 0 fully saturated rings. The molecule has 6 heteroatoms. The summed E-state index contributed by atoms with van der Waals surface area (Å²) >= 11 is 8.75. The molecule has 1 atom stereocenters. The number of nitrogens with one attached hydrogen (secondary N) is 1. The average Bonchev–Trinajstić information content (AvgIpc) is 2.87. The highest BCUT2D eigenvalue weighted by Crippen LogP contribution is 2.32. The molecule has 1 N–H and O–H groups in total. The van der Waals surface area contributed by atoms with Crippen LogP contribution in [0.2, 0.25) is 0 Å². The van der Waals surface area contributed by atoms with Crippen LogP contribution in [0.4, 0.5) is 0 Å². The molecule has 17 heavy (non-hydrogen) atoms. The van der Waals surface area contributed by atoms with E-state index < -0.39 is 0 Å². The van der Waals surface area contributed by atoms with Crippen molar-refractivity contribution in [1.82, 2.24) is 14.9 Å². The van der Waals surface area contributed by atoms with E-state index in [4.69, 9.17) is 0 Å². The molecule has 0 aliphatic rings. The standard InChI is InChI=1S/C11H13Br2N3S/c1-8(6-16-3-2-14-7-16)15-5-9-4-10(12)11(13)17-9/h2-4,7-8,15H,5-6H2,1H3. The summed E-state index contributed by atoms with van der Waals surface area (Å²) in [6, 6.07) is 2.56. The Labute approximate surface area is 122 Å². The van der Waals surface area contributed by atoms with Crippen LogP contribution >= 0.6 is 43.2 Å². The molecular weight excluding hydrogens is 366 g/mol. The third kappa shape index (κ3) is 3.91. The number of hydrogen-bond donors (Lipinski definition) is 1. The van der Waals surface area contributed by atoms with E-state index in [1.807, 2.05) is 12.5 Å². The molecule has 0 bridgehead atoms. The van der Waals surface area contributed by atoms with Gasteiger partial charge in [0.2, 0.25) is 0 Å². The Kier molecular flexibility index (Phi) is 4.78. The molecule has 0 aliphatic heterocycles. The van der Waals surface area contributed by atoms with Crippen molar-refractivity contribution in [1.29, 1.82) is 0 Å². The fourth-order valence-corrected chi connectivity index (χ4v) is 3.66. The van der Waals surface area contributed by atoms with Crippen LogP contribution in [-0.4, -0.2) is 15.6 Å². The first kappa shape index (κ1) is 13.3. The number of aromatic nitrogens is 2. The Morgan fingerprint density at radius 1 is 1.53 bits per heavy atom. The first-order chi connectivity index (χ1) is 8.15. The highest BCUT2D eigenvalue weighted by molar-refractivity contribution is 9.13. The predicted octanol–water partition coefficient (Wildman–Crippen LogP) is 3.65. The normalized spacial score (nSPS) is 12.9. The van der Waals surface area contributed by atoms with Gasteiger partial charge >= 0.3 is 0 Å². The second-order valence-corrected chi connectivity index (χ2v) is 7.18. The molecule has 2 aromatic heterocycles. The fourth-order valence-electron chi connectivity index (χ4n) is 1.53. The summed E-state index contributed by atoms with van der Waals surface area (Å²) in [6.07, 6.45) is 5.63. The minimum absolute atomic E-state index is 0.420. The van der Waals surface area contributed by atoms with E-state index in [-0.39, 0.29) is 0 Å². The molecule has 2 heterocycles. The largest absolute Gasteiger partial charge is 0.336 e. The molecule has 3 nitrogen and oxygen atoms in total. The van der Waals surface area contributed by atoms with Crippen LogP contribution in [0.25, 0.3) is 0 Å². The maximum absolute atomic E-state index is 4.03. The van der Waals surface area contributed by atoms with Gasteiger partial charge in [0, 0.05) is 40.9 Å². The summed E-state index contributed by atoms with van der Waals surface area (Å²) in [5, 5.41) is 3.50. The van der Waals surface area contributed by atoms with Crippen molar-refractivity contribution >= 4 is 43.2 Å². The molecule has 0 radical (unpaired) electrons. The first-order valence-corrected chi connectivity index (χ1v) is 7.68. The molecule has 0 aromatic carbocycles. The average molecular weight is 379 g/mol. The van der Waals surface area contributed by atoms with Gasteiger partial charge in [0.05, 0.1) is 10.1 Å². The number of halogens is 2. The van der Waals surface area contributed by atoms with Crippen molar-refractivity contribution in [2.75, 3.05) is 0 Å². The molecule has 2 rings (SSSR count). The summed E-state index contributed by atoms with van der Waals surface area (Å²) in [6.45, 7) is 4.01. The maximum atomic E-state index is 4.03. The van der Waals surface area contributed by atoms with Gasteiger partial charge < -0.3 is 9.88 Å². The molecule has 1 unspecified atom stereocenters. The Balaban J connectivity index is 1.81. The van der Waals surface area contributed by atoms with Crippen LogP contribution in [0.15, 0.2) is 33.0 Å². The van der Waals surface area contributed by atoms with E-state index in [2.05, 4.69) is 59.7 Å². The third-order valence-corrected chi connectivity index (χ3v) is 5.62. The van der Waals surface area contributed by atoms with E-state index in [9.17, 15) is 0 Å². The van der Waals surface area contributed by atoms with Crippen molar-refractivity contribution < 1.29 is 0 Å². The van der Waals surface area contributed by atoms with E-state index >= 15 is 0 Å². The second kappa shape index (κ2) is 6.13. The zero-order valence-electron chi connectivity index (χ0n) is 9.36. The SMILES string of the molecule is CC(Cn1ccnc1)NCc1cc(Br)c(Br)s1. The van der Waals surface area contributed by atoms with Gasteiger partial charge in [-0.1, -0.05) is 0 Å². The highest BCUT2D eigenvalue weighted by Gasteiger charge is 2.06. The molecule has 0 spiro atoms. The summed E-state index contributed by atoms with van der Waals surface area (Å²) in [4.78, 5) is 5.35. The third-order valence-electron chi connectivity index (χ3n) is 2.36. The fraction of sp³-hybridized carbons (Fsp3) is 0.364. The number of nitrogens with zero attached hydrogens (tertiary/aromatic N) is 2. The van der Waals surface area contributed by atoms with Gasteiger partial charge in [-0.25, -0.2) is 4.98 Å². The Hall–Kier alpha value is -0.170. The van der Waals surface area contributed by atoms with E-state index in [0.717, 1.165) is 21.3 Å². The monoisotopic (exact) mass is 377 g/mol. The van der Waals surface area contributed by atoms with Crippen LogP contribution < -0.4 is 5.32 Å². The number of thiophene rings is 1. The van der Waals surface area contributed by atoms with Crippen molar-refractivity contribution in [2.45, 2.75) is 26.1 Å². The van der Waals surface area contributed by atoms with E-state index in [0.29, 0.717) is 6.04 Å². The predicted molar refractivity (Wildman–Crippen MR) is 78.2 cm³/mol. The molecule has 0 amide bonds. The van der Waals surface area contributed by atoms with E-state index in [1.165, 1.54) is 4.88 Å². The lowest BCUT2D eigenvalue weighted by Gasteiger charge is -2.13. The van der Waals surface area contributed by atoms with Crippen LogP contribution in [-0.2, 0) is 13.1 Å². The van der Waals surface area contributed by atoms with Crippen LogP contribution in [0.1, 0.15) is 11.8 Å². The summed E-state index contributed by atoms with van der Waals surface area (Å²) in [7, 11) is 0. The van der Waals surface area contributed by atoms with Gasteiger partial charge in [-0.15, -0.1) is 11.3 Å². The van der Waals surface area contributed by atoms with Gasteiger partial charge in [-0.2, -0.15) is 0 Å². The summed E-state index contributed by atoms with van der Waals surface area (Å²) in [5.74, 6) is 0. The van der Waals surface area contributed by atoms with Gasteiger partial charge in [0.25, 0.3) is 0 Å². The number of rotatable bonds is 5. The molecule has 2 aromatic rings. The lowest BCUT2D eigenvalue weighted by Crippen LogP contribution is -2.29. The van der Waals surface area contributed by atoms with Crippen LogP contribution in [0.5, 0.6) is 0 Å². The van der Waals surface area contributed by atoms with Crippen molar-refractivity contribution in [3.8, 4) is 0 Å². The lowest BCUT2D eigenvalue weighted by atomic mass is 10.3. The zero-order valence-corrected chi connectivity index (χ0v) is 13.3. The summed E-state index contributed by atoms with van der Waals surface area (Å²) < 4.78 is 4.36. The van der Waals surface area contributed by atoms with Crippen molar-refractivity contribution in [3.63, 3.8) is 0 Å². The molecule has 92 valence electrons. The zero-order chi connectivity index (χ0) is 12.3. The molecule has 0 saturated carbocycles. The number of hydrogen-bond acceptors (Lipinski definition) is 3. The summed E-state index contributed by atoms with van der Waals surface area (Å²) in [5.41, 5.74) is 0. The second-order valence-electron chi connectivity index (χ2n) is 3.88. The Bertz CT molecular complexity index is 448. The van der Waals surface area contributed by atoms with Gasteiger partial charge in [0.1, 0.15) is 0 Å². The van der Waals surface area contributed by atoms with E-state index in [1.54, 1.807) is 17.5 Å². The molecular formula is C11H13Br2N3S.